The summed E-state index contributed by atoms with van der Waals surface area (Å²) in [4.78, 5) is 23.0. The van der Waals surface area contributed by atoms with Gasteiger partial charge in [0.15, 0.2) is 0 Å². The molecule has 0 saturated heterocycles. The Morgan fingerprint density at radius 1 is 1.37 bits per heavy atom. The molecule has 0 aliphatic rings. The molecule has 0 saturated carbocycles. The van der Waals surface area contributed by atoms with Crippen molar-refractivity contribution in [3.8, 4) is 6.07 Å². The number of nitriles is 1. The fourth-order valence-electron chi connectivity index (χ4n) is 1.60. The Kier molecular flexibility index (Phi) is 5.07. The molecular weight excluding hydrogens is 244 g/mol. The maximum absolute atomic E-state index is 11.9. The largest absolute Gasteiger partial charge is 0.480 e. The summed E-state index contributed by atoms with van der Waals surface area (Å²) >= 11 is 0. The van der Waals surface area contributed by atoms with Crippen molar-refractivity contribution < 1.29 is 14.7 Å². The monoisotopic (exact) mass is 260 g/mol. The van der Waals surface area contributed by atoms with E-state index >= 15 is 0 Å². The van der Waals surface area contributed by atoms with Crippen molar-refractivity contribution in [1.82, 2.24) is 5.32 Å². The molecule has 0 aliphatic heterocycles. The second-order valence-electron chi connectivity index (χ2n) is 4.36. The van der Waals surface area contributed by atoms with E-state index in [0.29, 0.717) is 17.5 Å². The second-order valence-corrected chi connectivity index (χ2v) is 4.36. The highest BCUT2D eigenvalue weighted by atomic mass is 16.4. The number of rotatable bonds is 5. The third-order valence-electron chi connectivity index (χ3n) is 3.04. The van der Waals surface area contributed by atoms with Gasteiger partial charge >= 0.3 is 5.97 Å². The van der Waals surface area contributed by atoms with Crippen molar-refractivity contribution in [3.05, 3.63) is 35.4 Å². The van der Waals surface area contributed by atoms with Crippen LogP contribution in [0.2, 0.25) is 0 Å². The number of carbonyl (C=O) groups is 2. The van der Waals surface area contributed by atoms with E-state index in [2.05, 4.69) is 5.32 Å². The van der Waals surface area contributed by atoms with Gasteiger partial charge in [-0.3, -0.25) is 4.79 Å². The van der Waals surface area contributed by atoms with E-state index in [0.717, 1.165) is 0 Å². The van der Waals surface area contributed by atoms with Crippen LogP contribution in [0.25, 0.3) is 0 Å². The highest BCUT2D eigenvalue weighted by Gasteiger charge is 2.25. The molecule has 0 aliphatic carbocycles. The fraction of sp³-hybridized carbons (Fsp3) is 0.357. The van der Waals surface area contributed by atoms with Crippen molar-refractivity contribution in [1.29, 1.82) is 5.26 Å². The van der Waals surface area contributed by atoms with Crippen LogP contribution in [-0.4, -0.2) is 23.0 Å². The van der Waals surface area contributed by atoms with E-state index in [1.54, 1.807) is 6.92 Å². The SMILES string of the molecule is CCC(C)C(NC(=O)c1ccc(C#N)cc1)C(=O)O. The Bertz CT molecular complexity index is 502. The first-order valence-electron chi connectivity index (χ1n) is 6.03. The van der Waals surface area contributed by atoms with E-state index in [9.17, 15) is 9.59 Å². The summed E-state index contributed by atoms with van der Waals surface area (Å²) < 4.78 is 0. The van der Waals surface area contributed by atoms with E-state index in [1.165, 1.54) is 24.3 Å². The van der Waals surface area contributed by atoms with Crippen LogP contribution in [0.4, 0.5) is 0 Å². The van der Waals surface area contributed by atoms with E-state index in [4.69, 9.17) is 10.4 Å². The Hall–Kier alpha value is -2.35. The molecule has 5 nitrogen and oxygen atoms in total. The third-order valence-corrected chi connectivity index (χ3v) is 3.04. The smallest absolute Gasteiger partial charge is 0.326 e. The molecule has 1 amide bonds. The molecule has 100 valence electrons. The van der Waals surface area contributed by atoms with Crippen molar-refractivity contribution in [2.24, 2.45) is 5.92 Å². The Morgan fingerprint density at radius 3 is 2.37 bits per heavy atom. The van der Waals surface area contributed by atoms with Gasteiger partial charge in [-0.25, -0.2) is 4.79 Å². The molecule has 2 unspecified atom stereocenters. The molecule has 1 rings (SSSR count). The summed E-state index contributed by atoms with van der Waals surface area (Å²) in [5, 5.41) is 20.3. The number of benzene rings is 1. The Morgan fingerprint density at radius 2 is 1.95 bits per heavy atom. The van der Waals surface area contributed by atoms with Crippen molar-refractivity contribution >= 4 is 11.9 Å². The average molecular weight is 260 g/mol. The van der Waals surface area contributed by atoms with Gasteiger partial charge in [-0.1, -0.05) is 20.3 Å². The van der Waals surface area contributed by atoms with Gasteiger partial charge in [0.05, 0.1) is 11.6 Å². The molecule has 0 radical (unpaired) electrons. The van der Waals surface area contributed by atoms with Crippen LogP contribution in [-0.2, 0) is 4.79 Å². The molecule has 0 spiro atoms. The number of carboxylic acid groups (broad SMARTS) is 1. The molecule has 2 N–H and O–H groups in total. The van der Waals surface area contributed by atoms with Crippen LogP contribution < -0.4 is 5.32 Å². The van der Waals surface area contributed by atoms with Gasteiger partial charge in [0.2, 0.25) is 0 Å². The molecule has 2 atom stereocenters. The number of amides is 1. The lowest BCUT2D eigenvalue weighted by Crippen LogP contribution is -2.45. The van der Waals surface area contributed by atoms with Gasteiger partial charge in [-0.15, -0.1) is 0 Å². The lowest BCUT2D eigenvalue weighted by atomic mass is 9.99. The molecule has 0 heterocycles. The molecule has 0 bridgehead atoms. The molecule has 1 aromatic rings. The van der Waals surface area contributed by atoms with Gasteiger partial charge in [0, 0.05) is 5.56 Å². The van der Waals surface area contributed by atoms with Gasteiger partial charge < -0.3 is 10.4 Å². The summed E-state index contributed by atoms with van der Waals surface area (Å²) in [7, 11) is 0. The van der Waals surface area contributed by atoms with Crippen LogP contribution in [0.3, 0.4) is 0 Å². The maximum atomic E-state index is 11.9. The second kappa shape index (κ2) is 6.55. The van der Waals surface area contributed by atoms with Crippen LogP contribution in [0, 0.1) is 17.2 Å². The molecule has 0 fully saturated rings. The zero-order valence-corrected chi connectivity index (χ0v) is 10.9. The van der Waals surface area contributed by atoms with Crippen molar-refractivity contribution in [3.63, 3.8) is 0 Å². The summed E-state index contributed by atoms with van der Waals surface area (Å²) in [6, 6.07) is 7.09. The standard InChI is InChI=1S/C14H16N2O3/c1-3-9(2)12(14(18)19)16-13(17)11-6-4-10(8-15)5-7-11/h4-7,9,12H,3H2,1-2H3,(H,16,17)(H,18,19). The fourth-order valence-corrected chi connectivity index (χ4v) is 1.60. The quantitative estimate of drug-likeness (QED) is 0.844. The lowest BCUT2D eigenvalue weighted by molar-refractivity contribution is -0.140. The normalized spacial score (nSPS) is 13.1. The topological polar surface area (TPSA) is 90.2 Å². The molecule has 5 heteroatoms. The number of carboxylic acids is 1. The lowest BCUT2D eigenvalue weighted by Gasteiger charge is -2.20. The van der Waals surface area contributed by atoms with Crippen LogP contribution in [0.1, 0.15) is 36.2 Å². The number of hydrogen-bond donors (Lipinski definition) is 2. The molecule has 19 heavy (non-hydrogen) atoms. The van der Waals surface area contributed by atoms with Crippen molar-refractivity contribution in [2.45, 2.75) is 26.3 Å². The number of nitrogens with one attached hydrogen (secondary N) is 1. The Balaban J connectivity index is 2.82. The number of hydrogen-bond acceptors (Lipinski definition) is 3. The number of aliphatic carboxylic acids is 1. The van der Waals surface area contributed by atoms with Crippen molar-refractivity contribution in [2.75, 3.05) is 0 Å². The van der Waals surface area contributed by atoms with E-state index in [-0.39, 0.29) is 5.92 Å². The van der Waals surface area contributed by atoms with Gasteiger partial charge in [0.1, 0.15) is 6.04 Å². The minimum Gasteiger partial charge on any atom is -0.480 e. The zero-order valence-electron chi connectivity index (χ0n) is 10.9. The predicted molar refractivity (Wildman–Crippen MR) is 69.5 cm³/mol. The average Bonchev–Trinajstić information content (AvgIpc) is 2.43. The first-order valence-corrected chi connectivity index (χ1v) is 6.03. The summed E-state index contributed by atoms with van der Waals surface area (Å²) in [6.45, 7) is 3.65. The first-order chi connectivity index (χ1) is 8.99. The first kappa shape index (κ1) is 14.7. The number of nitrogens with zero attached hydrogens (tertiary/aromatic N) is 1. The van der Waals surface area contributed by atoms with Gasteiger partial charge in [-0.2, -0.15) is 5.26 Å². The van der Waals surface area contributed by atoms with E-state index < -0.39 is 17.9 Å². The molecule has 1 aromatic carbocycles. The maximum Gasteiger partial charge on any atom is 0.326 e. The van der Waals surface area contributed by atoms with Gasteiger partial charge in [-0.05, 0) is 30.2 Å². The third kappa shape index (κ3) is 3.81. The van der Waals surface area contributed by atoms with Gasteiger partial charge in [0.25, 0.3) is 5.91 Å². The number of carbonyl (C=O) groups excluding carboxylic acids is 1. The van der Waals surface area contributed by atoms with Crippen LogP contribution >= 0.6 is 0 Å². The summed E-state index contributed by atoms with van der Waals surface area (Å²) in [6.07, 6.45) is 0.657. The van der Waals surface area contributed by atoms with Crippen LogP contribution in [0.15, 0.2) is 24.3 Å². The highest BCUT2D eigenvalue weighted by Crippen LogP contribution is 2.10. The zero-order chi connectivity index (χ0) is 14.4. The minimum absolute atomic E-state index is 0.153. The molecule has 0 aromatic heterocycles. The van der Waals surface area contributed by atoms with Crippen LogP contribution in [0.5, 0.6) is 0 Å². The van der Waals surface area contributed by atoms with E-state index in [1.807, 2.05) is 13.0 Å². The summed E-state index contributed by atoms with van der Waals surface area (Å²) in [5.41, 5.74) is 0.793. The highest BCUT2D eigenvalue weighted by molar-refractivity contribution is 5.96. The predicted octanol–water partition coefficient (Wildman–Crippen LogP) is 1.79. The summed E-state index contributed by atoms with van der Waals surface area (Å²) in [5.74, 6) is -1.65. The Labute approximate surface area is 111 Å². The minimum atomic E-state index is -1.05. The molecular formula is C14H16N2O3.